The third-order valence-corrected chi connectivity index (χ3v) is 5.66. The van der Waals surface area contributed by atoms with Crippen LogP contribution in [0.1, 0.15) is 38.2 Å². The Bertz CT molecular complexity index is 499. The van der Waals surface area contributed by atoms with Gasteiger partial charge in [-0.3, -0.25) is 0 Å². The van der Waals surface area contributed by atoms with Gasteiger partial charge < -0.3 is 5.32 Å². The lowest BCUT2D eigenvalue weighted by atomic mass is 10.0. The molecule has 0 aromatic heterocycles. The molecule has 0 amide bonds. The SMILES string of the molecule is CC(C)c1ccc(S(=O)(=O)CC2CCCNC2)cc1. The van der Waals surface area contributed by atoms with Gasteiger partial charge in [0.1, 0.15) is 0 Å². The average Bonchev–Trinajstić information content (AvgIpc) is 2.39. The van der Waals surface area contributed by atoms with Crippen LogP contribution >= 0.6 is 0 Å². The Hall–Kier alpha value is -0.870. The van der Waals surface area contributed by atoms with Gasteiger partial charge in [0.25, 0.3) is 0 Å². The molecule has 0 bridgehead atoms. The maximum absolute atomic E-state index is 12.4. The summed E-state index contributed by atoms with van der Waals surface area (Å²) in [5, 5.41) is 3.27. The fourth-order valence-electron chi connectivity index (χ4n) is 2.53. The zero-order chi connectivity index (χ0) is 13.9. The van der Waals surface area contributed by atoms with Crippen molar-refractivity contribution in [3.8, 4) is 0 Å². The van der Waals surface area contributed by atoms with E-state index in [1.54, 1.807) is 12.1 Å². The Morgan fingerprint density at radius 3 is 2.47 bits per heavy atom. The normalized spacial score (nSPS) is 20.7. The predicted octanol–water partition coefficient (Wildman–Crippen LogP) is 2.58. The van der Waals surface area contributed by atoms with Gasteiger partial charge in [0, 0.05) is 0 Å². The molecule has 1 aliphatic rings. The Labute approximate surface area is 116 Å². The molecular weight excluding hydrogens is 258 g/mol. The van der Waals surface area contributed by atoms with Crippen molar-refractivity contribution in [3.63, 3.8) is 0 Å². The zero-order valence-electron chi connectivity index (χ0n) is 11.7. The molecule has 1 aromatic carbocycles. The Balaban J connectivity index is 2.10. The highest BCUT2D eigenvalue weighted by molar-refractivity contribution is 7.91. The number of hydrogen-bond acceptors (Lipinski definition) is 3. The molecule has 1 saturated heterocycles. The molecule has 0 saturated carbocycles. The molecular formula is C15H23NO2S. The van der Waals surface area contributed by atoms with E-state index in [4.69, 9.17) is 0 Å². The van der Waals surface area contributed by atoms with Gasteiger partial charge in [0.2, 0.25) is 0 Å². The van der Waals surface area contributed by atoms with Crippen LogP contribution in [-0.2, 0) is 9.84 Å². The van der Waals surface area contributed by atoms with Crippen molar-refractivity contribution in [2.45, 2.75) is 37.5 Å². The standard InChI is InChI=1S/C15H23NO2S/c1-12(2)14-5-7-15(8-6-14)19(17,18)11-13-4-3-9-16-10-13/h5-8,12-13,16H,3-4,9-11H2,1-2H3. The predicted molar refractivity (Wildman–Crippen MR) is 78.2 cm³/mol. The Morgan fingerprint density at radius 1 is 1.26 bits per heavy atom. The maximum Gasteiger partial charge on any atom is 0.178 e. The summed E-state index contributed by atoms with van der Waals surface area (Å²) in [6.45, 7) is 6.05. The van der Waals surface area contributed by atoms with E-state index in [0.717, 1.165) is 25.9 Å². The number of benzene rings is 1. The fourth-order valence-corrected chi connectivity index (χ4v) is 4.18. The lowest BCUT2D eigenvalue weighted by molar-refractivity contribution is 0.404. The molecule has 1 unspecified atom stereocenters. The third-order valence-electron chi connectivity index (χ3n) is 3.76. The van der Waals surface area contributed by atoms with Crippen LogP contribution in [0.25, 0.3) is 0 Å². The summed E-state index contributed by atoms with van der Waals surface area (Å²) in [4.78, 5) is 0.461. The molecule has 1 aliphatic heterocycles. The second-order valence-corrected chi connectivity index (χ2v) is 7.75. The third kappa shape index (κ3) is 3.80. The smallest absolute Gasteiger partial charge is 0.178 e. The second kappa shape index (κ2) is 6.06. The van der Waals surface area contributed by atoms with Crippen molar-refractivity contribution in [2.75, 3.05) is 18.8 Å². The van der Waals surface area contributed by atoms with Gasteiger partial charge in [-0.05, 0) is 55.5 Å². The average molecular weight is 281 g/mol. The summed E-state index contributed by atoms with van der Waals surface area (Å²) in [5.74, 6) is 0.948. The highest BCUT2D eigenvalue weighted by Crippen LogP contribution is 2.21. The largest absolute Gasteiger partial charge is 0.316 e. The first-order valence-corrected chi connectivity index (χ1v) is 8.67. The lowest BCUT2D eigenvalue weighted by Gasteiger charge is -2.22. The summed E-state index contributed by atoms with van der Waals surface area (Å²) in [6, 6.07) is 7.36. The molecule has 1 heterocycles. The topological polar surface area (TPSA) is 46.2 Å². The van der Waals surface area contributed by atoms with Crippen LogP contribution in [0.3, 0.4) is 0 Å². The van der Waals surface area contributed by atoms with E-state index in [2.05, 4.69) is 19.2 Å². The summed E-state index contributed by atoms with van der Waals surface area (Å²) < 4.78 is 24.7. The number of piperidine rings is 1. The minimum atomic E-state index is -3.14. The number of hydrogen-bond donors (Lipinski definition) is 1. The lowest BCUT2D eigenvalue weighted by Crippen LogP contribution is -2.33. The summed E-state index contributed by atoms with van der Waals surface area (Å²) in [6.07, 6.45) is 2.09. The van der Waals surface area contributed by atoms with Crippen molar-refractivity contribution in [1.82, 2.24) is 5.32 Å². The quantitative estimate of drug-likeness (QED) is 0.922. The van der Waals surface area contributed by atoms with E-state index in [-0.39, 0.29) is 11.7 Å². The first-order chi connectivity index (χ1) is 8.99. The van der Waals surface area contributed by atoms with Gasteiger partial charge in [0.05, 0.1) is 10.6 Å². The summed E-state index contributed by atoms with van der Waals surface area (Å²) in [7, 11) is -3.14. The minimum Gasteiger partial charge on any atom is -0.316 e. The van der Waals surface area contributed by atoms with Crippen molar-refractivity contribution >= 4 is 9.84 Å². The van der Waals surface area contributed by atoms with E-state index in [9.17, 15) is 8.42 Å². The monoisotopic (exact) mass is 281 g/mol. The van der Waals surface area contributed by atoms with Crippen molar-refractivity contribution in [2.24, 2.45) is 5.92 Å². The number of rotatable bonds is 4. The first kappa shape index (κ1) is 14.5. The molecule has 1 N–H and O–H groups in total. The van der Waals surface area contributed by atoms with Crippen molar-refractivity contribution in [3.05, 3.63) is 29.8 Å². The van der Waals surface area contributed by atoms with Crippen LogP contribution in [-0.4, -0.2) is 27.3 Å². The first-order valence-electron chi connectivity index (χ1n) is 7.02. The molecule has 4 heteroatoms. The van der Waals surface area contributed by atoms with Crippen LogP contribution in [0.2, 0.25) is 0 Å². The van der Waals surface area contributed by atoms with Crippen LogP contribution in [0.4, 0.5) is 0 Å². The van der Waals surface area contributed by atoms with Gasteiger partial charge in [-0.25, -0.2) is 8.42 Å². The van der Waals surface area contributed by atoms with Crippen LogP contribution < -0.4 is 5.32 Å². The maximum atomic E-state index is 12.4. The molecule has 0 radical (unpaired) electrons. The number of nitrogens with one attached hydrogen (secondary N) is 1. The van der Waals surface area contributed by atoms with E-state index in [0.29, 0.717) is 10.8 Å². The second-order valence-electron chi connectivity index (χ2n) is 5.72. The highest BCUT2D eigenvalue weighted by Gasteiger charge is 2.22. The molecule has 2 rings (SSSR count). The minimum absolute atomic E-state index is 0.253. The van der Waals surface area contributed by atoms with Gasteiger partial charge in [-0.1, -0.05) is 26.0 Å². The van der Waals surface area contributed by atoms with E-state index >= 15 is 0 Å². The zero-order valence-corrected chi connectivity index (χ0v) is 12.5. The Kier molecular flexibility index (Phi) is 4.63. The van der Waals surface area contributed by atoms with Gasteiger partial charge in [0.15, 0.2) is 9.84 Å². The summed E-state index contributed by atoms with van der Waals surface area (Å²) in [5.41, 5.74) is 1.18. The molecule has 3 nitrogen and oxygen atoms in total. The van der Waals surface area contributed by atoms with Crippen molar-refractivity contribution < 1.29 is 8.42 Å². The molecule has 19 heavy (non-hydrogen) atoms. The van der Waals surface area contributed by atoms with Crippen LogP contribution in [0.15, 0.2) is 29.2 Å². The van der Waals surface area contributed by atoms with E-state index in [1.165, 1.54) is 5.56 Å². The van der Waals surface area contributed by atoms with Crippen LogP contribution in [0.5, 0.6) is 0 Å². The van der Waals surface area contributed by atoms with Crippen LogP contribution in [0, 0.1) is 5.92 Å². The number of sulfone groups is 1. The van der Waals surface area contributed by atoms with Gasteiger partial charge >= 0.3 is 0 Å². The molecule has 1 fully saturated rings. The summed E-state index contributed by atoms with van der Waals surface area (Å²) >= 11 is 0. The van der Waals surface area contributed by atoms with E-state index in [1.807, 2.05) is 12.1 Å². The fraction of sp³-hybridized carbons (Fsp3) is 0.600. The van der Waals surface area contributed by atoms with Gasteiger partial charge in [-0.15, -0.1) is 0 Å². The molecule has 1 aromatic rings. The Morgan fingerprint density at radius 2 is 1.95 bits per heavy atom. The molecule has 1 atom stereocenters. The highest BCUT2D eigenvalue weighted by atomic mass is 32.2. The van der Waals surface area contributed by atoms with Crippen molar-refractivity contribution in [1.29, 1.82) is 0 Å². The molecule has 106 valence electrons. The molecule has 0 aliphatic carbocycles. The van der Waals surface area contributed by atoms with Gasteiger partial charge in [-0.2, -0.15) is 0 Å². The van der Waals surface area contributed by atoms with E-state index < -0.39 is 9.84 Å². The molecule has 0 spiro atoms.